The van der Waals surface area contributed by atoms with Gasteiger partial charge in [0.2, 0.25) is 0 Å². The van der Waals surface area contributed by atoms with E-state index in [4.69, 9.17) is 28.5 Å². The summed E-state index contributed by atoms with van der Waals surface area (Å²) in [6, 6.07) is 6.55. The first-order chi connectivity index (χ1) is 8.56. The maximum absolute atomic E-state index is 11.9. The number of anilines is 1. The van der Waals surface area contributed by atoms with Gasteiger partial charge in [0, 0.05) is 28.8 Å². The number of carbonyl (C=O) groups excluding carboxylic acids is 1. The molecule has 0 radical (unpaired) electrons. The number of nitriles is 1. The second-order valence-electron chi connectivity index (χ2n) is 3.58. The van der Waals surface area contributed by atoms with Crippen molar-refractivity contribution in [3.63, 3.8) is 0 Å². The van der Waals surface area contributed by atoms with E-state index in [1.807, 2.05) is 13.0 Å². The highest BCUT2D eigenvalue weighted by atomic mass is 35.5. The van der Waals surface area contributed by atoms with Crippen LogP contribution in [0.5, 0.6) is 0 Å². The summed E-state index contributed by atoms with van der Waals surface area (Å²) < 4.78 is 0. The number of urea groups is 1. The Labute approximate surface area is 116 Å². The first-order valence-corrected chi connectivity index (χ1v) is 6.21. The molecule has 0 aliphatic carbocycles. The fraction of sp³-hybridized carbons (Fsp3) is 0.333. The second kappa shape index (κ2) is 7.10. The zero-order valence-corrected chi connectivity index (χ0v) is 11.4. The van der Waals surface area contributed by atoms with Gasteiger partial charge in [-0.25, -0.2) is 4.79 Å². The minimum atomic E-state index is -0.272. The molecule has 0 heterocycles. The van der Waals surface area contributed by atoms with Crippen molar-refractivity contribution in [1.29, 1.82) is 5.26 Å². The summed E-state index contributed by atoms with van der Waals surface area (Å²) in [5.41, 5.74) is 0.535. The molecule has 0 atom stereocenters. The molecule has 6 heteroatoms. The van der Waals surface area contributed by atoms with E-state index in [0.717, 1.165) is 0 Å². The van der Waals surface area contributed by atoms with E-state index in [1.54, 1.807) is 18.2 Å². The Bertz CT molecular complexity index is 451. The van der Waals surface area contributed by atoms with Crippen molar-refractivity contribution in [3.8, 4) is 6.07 Å². The third-order valence-corrected chi connectivity index (χ3v) is 2.71. The number of hydrogen-bond donors (Lipinski definition) is 1. The lowest BCUT2D eigenvalue weighted by Crippen LogP contribution is -2.35. The van der Waals surface area contributed by atoms with E-state index in [0.29, 0.717) is 35.2 Å². The summed E-state index contributed by atoms with van der Waals surface area (Å²) in [5.74, 6) is 0. The third-order valence-electron chi connectivity index (χ3n) is 2.28. The SMILES string of the molecule is CCN(CCC#N)C(=O)Nc1cc(Cl)cc(Cl)c1. The molecule has 0 aliphatic heterocycles. The maximum atomic E-state index is 11.9. The number of halogens is 2. The number of nitrogens with one attached hydrogen (secondary N) is 1. The Balaban J connectivity index is 2.70. The molecule has 0 saturated carbocycles. The lowest BCUT2D eigenvalue weighted by atomic mass is 10.3. The minimum Gasteiger partial charge on any atom is -0.324 e. The highest BCUT2D eigenvalue weighted by molar-refractivity contribution is 6.35. The summed E-state index contributed by atoms with van der Waals surface area (Å²) in [7, 11) is 0. The molecule has 18 heavy (non-hydrogen) atoms. The largest absolute Gasteiger partial charge is 0.324 e. The lowest BCUT2D eigenvalue weighted by Gasteiger charge is -2.20. The molecule has 1 aromatic carbocycles. The Hall–Kier alpha value is -1.44. The van der Waals surface area contributed by atoms with Crippen LogP contribution in [0.15, 0.2) is 18.2 Å². The van der Waals surface area contributed by atoms with Gasteiger partial charge in [-0.05, 0) is 25.1 Å². The van der Waals surface area contributed by atoms with Crippen molar-refractivity contribution >= 4 is 34.9 Å². The van der Waals surface area contributed by atoms with Crippen LogP contribution in [0.25, 0.3) is 0 Å². The average molecular weight is 286 g/mol. The van der Waals surface area contributed by atoms with Crippen LogP contribution >= 0.6 is 23.2 Å². The lowest BCUT2D eigenvalue weighted by molar-refractivity contribution is 0.215. The Morgan fingerprint density at radius 1 is 1.39 bits per heavy atom. The van der Waals surface area contributed by atoms with Crippen LogP contribution < -0.4 is 5.32 Å². The maximum Gasteiger partial charge on any atom is 0.321 e. The van der Waals surface area contributed by atoms with E-state index in [9.17, 15) is 4.79 Å². The van der Waals surface area contributed by atoms with Crippen LogP contribution in [0.1, 0.15) is 13.3 Å². The molecule has 1 rings (SSSR count). The summed E-state index contributed by atoms with van der Waals surface area (Å²) in [5, 5.41) is 12.1. The zero-order chi connectivity index (χ0) is 13.5. The van der Waals surface area contributed by atoms with Crippen LogP contribution in [0.3, 0.4) is 0 Å². The van der Waals surface area contributed by atoms with Crippen molar-refractivity contribution in [2.24, 2.45) is 0 Å². The molecule has 96 valence electrons. The number of amides is 2. The predicted molar refractivity (Wildman–Crippen MR) is 73.0 cm³/mol. The summed E-state index contributed by atoms with van der Waals surface area (Å²) in [4.78, 5) is 13.4. The molecular formula is C12H13Cl2N3O. The van der Waals surface area contributed by atoms with E-state index >= 15 is 0 Å². The molecular weight excluding hydrogens is 273 g/mol. The summed E-state index contributed by atoms with van der Waals surface area (Å²) in [6.45, 7) is 2.77. The molecule has 1 N–H and O–H groups in total. The van der Waals surface area contributed by atoms with Crippen LogP contribution in [0.2, 0.25) is 10.0 Å². The van der Waals surface area contributed by atoms with E-state index in [1.165, 1.54) is 4.90 Å². The average Bonchev–Trinajstić information content (AvgIpc) is 2.28. The van der Waals surface area contributed by atoms with Gasteiger partial charge in [-0.15, -0.1) is 0 Å². The molecule has 0 saturated heterocycles. The highest BCUT2D eigenvalue weighted by Crippen LogP contribution is 2.22. The number of hydrogen-bond acceptors (Lipinski definition) is 2. The van der Waals surface area contributed by atoms with Gasteiger partial charge in [-0.2, -0.15) is 5.26 Å². The zero-order valence-electron chi connectivity index (χ0n) is 9.91. The van der Waals surface area contributed by atoms with E-state index < -0.39 is 0 Å². The van der Waals surface area contributed by atoms with Crippen LogP contribution in [0, 0.1) is 11.3 Å². The fourth-order valence-electron chi connectivity index (χ4n) is 1.42. The van der Waals surface area contributed by atoms with Gasteiger partial charge in [0.05, 0.1) is 12.5 Å². The minimum absolute atomic E-state index is 0.272. The van der Waals surface area contributed by atoms with E-state index in [-0.39, 0.29) is 6.03 Å². The fourth-order valence-corrected chi connectivity index (χ4v) is 1.94. The topological polar surface area (TPSA) is 56.1 Å². The Morgan fingerprint density at radius 3 is 2.50 bits per heavy atom. The quantitative estimate of drug-likeness (QED) is 0.916. The van der Waals surface area contributed by atoms with Crippen LogP contribution in [-0.4, -0.2) is 24.0 Å². The molecule has 0 aromatic heterocycles. The smallest absolute Gasteiger partial charge is 0.321 e. The Kier molecular flexibility index (Phi) is 5.76. The van der Waals surface area contributed by atoms with Crippen molar-refractivity contribution in [2.75, 3.05) is 18.4 Å². The first kappa shape index (κ1) is 14.6. The van der Waals surface area contributed by atoms with Gasteiger partial charge in [0.15, 0.2) is 0 Å². The molecule has 2 amide bonds. The molecule has 0 unspecified atom stereocenters. The predicted octanol–water partition coefficient (Wildman–Crippen LogP) is 3.76. The van der Waals surface area contributed by atoms with Crippen LogP contribution in [0.4, 0.5) is 10.5 Å². The molecule has 0 spiro atoms. The van der Waals surface area contributed by atoms with Crippen molar-refractivity contribution < 1.29 is 4.79 Å². The monoisotopic (exact) mass is 285 g/mol. The number of carbonyl (C=O) groups is 1. The summed E-state index contributed by atoms with van der Waals surface area (Å²) >= 11 is 11.7. The van der Waals surface area contributed by atoms with Crippen LogP contribution in [-0.2, 0) is 0 Å². The highest BCUT2D eigenvalue weighted by Gasteiger charge is 2.11. The van der Waals surface area contributed by atoms with Crippen molar-refractivity contribution in [3.05, 3.63) is 28.2 Å². The first-order valence-electron chi connectivity index (χ1n) is 5.45. The second-order valence-corrected chi connectivity index (χ2v) is 4.45. The molecule has 0 fully saturated rings. The van der Waals surface area contributed by atoms with Gasteiger partial charge >= 0.3 is 6.03 Å². The Morgan fingerprint density at radius 2 is 2.00 bits per heavy atom. The van der Waals surface area contributed by atoms with E-state index in [2.05, 4.69) is 5.32 Å². The van der Waals surface area contributed by atoms with Gasteiger partial charge in [-0.1, -0.05) is 23.2 Å². The van der Waals surface area contributed by atoms with Gasteiger partial charge in [-0.3, -0.25) is 0 Å². The van der Waals surface area contributed by atoms with Crippen molar-refractivity contribution in [2.45, 2.75) is 13.3 Å². The number of nitrogens with zero attached hydrogens (tertiary/aromatic N) is 2. The molecule has 0 bridgehead atoms. The molecule has 1 aromatic rings. The van der Waals surface area contributed by atoms with Gasteiger partial charge < -0.3 is 10.2 Å². The number of benzene rings is 1. The van der Waals surface area contributed by atoms with Gasteiger partial charge in [0.1, 0.15) is 0 Å². The number of rotatable bonds is 4. The standard InChI is InChI=1S/C12H13Cl2N3O/c1-2-17(5-3-4-15)12(18)16-11-7-9(13)6-10(14)8-11/h6-8H,2-3,5H2,1H3,(H,16,18). The third kappa shape index (κ3) is 4.44. The van der Waals surface area contributed by atoms with Crippen molar-refractivity contribution in [1.82, 2.24) is 4.90 Å². The normalized spacial score (nSPS) is 9.67. The van der Waals surface area contributed by atoms with Gasteiger partial charge in [0.25, 0.3) is 0 Å². The molecule has 4 nitrogen and oxygen atoms in total. The summed E-state index contributed by atoms with van der Waals surface area (Å²) in [6.07, 6.45) is 0.303. The molecule has 0 aliphatic rings.